The summed E-state index contributed by atoms with van der Waals surface area (Å²) in [7, 11) is 0. The van der Waals surface area contributed by atoms with Gasteiger partial charge in [0.25, 0.3) is 5.96 Å². The van der Waals surface area contributed by atoms with Crippen LogP contribution in [0.1, 0.15) is 62.2 Å². The van der Waals surface area contributed by atoms with Gasteiger partial charge in [-0.25, -0.2) is 5.32 Å². The van der Waals surface area contributed by atoms with E-state index in [-0.39, 0.29) is 18.6 Å². The van der Waals surface area contributed by atoms with Crippen LogP contribution in [0.4, 0.5) is 0 Å². The quantitative estimate of drug-likeness (QED) is 0.0811. The summed E-state index contributed by atoms with van der Waals surface area (Å²) in [6.07, 6.45) is 9.71. The second-order valence-corrected chi connectivity index (χ2v) is 20.1. The van der Waals surface area contributed by atoms with Crippen molar-refractivity contribution in [1.29, 1.82) is 0 Å². The van der Waals surface area contributed by atoms with E-state index in [4.69, 9.17) is 21.7 Å². The van der Waals surface area contributed by atoms with E-state index in [9.17, 15) is 0 Å². The fourth-order valence-corrected chi connectivity index (χ4v) is 13.4. The van der Waals surface area contributed by atoms with Crippen LogP contribution in [0.5, 0.6) is 5.75 Å². The molecule has 1 aliphatic rings. The summed E-state index contributed by atoms with van der Waals surface area (Å²) in [4.78, 5) is 7.94. The second kappa shape index (κ2) is 19.6. The molecule has 9 heteroatoms. The molecule has 0 amide bonds. The third kappa shape index (κ3) is 10.2. The number of benzene rings is 5. The maximum atomic E-state index is 8.21. The fourth-order valence-electron chi connectivity index (χ4n) is 7.12. The van der Waals surface area contributed by atoms with E-state index in [0.29, 0.717) is 12.6 Å². The van der Waals surface area contributed by atoms with Crippen LogP contribution in [0.15, 0.2) is 151 Å². The molecule has 0 aromatic heterocycles. The van der Waals surface area contributed by atoms with Crippen LogP contribution in [0.3, 0.4) is 0 Å². The summed E-state index contributed by atoms with van der Waals surface area (Å²) in [6, 6.07) is 51.0. The van der Waals surface area contributed by atoms with Crippen molar-refractivity contribution in [2.24, 2.45) is 10.7 Å². The molecule has 1 atom stereocenters. The number of hydrogen-bond donors (Lipinski definition) is 4. The zero-order chi connectivity index (χ0) is 35.9. The van der Waals surface area contributed by atoms with Crippen molar-refractivity contribution in [3.8, 4) is 5.75 Å². The van der Waals surface area contributed by atoms with Crippen LogP contribution in [-0.2, 0) is 6.42 Å². The number of rotatable bonds is 18. The van der Waals surface area contributed by atoms with Crippen molar-refractivity contribution in [2.75, 3.05) is 19.3 Å². The number of nitrogens with two attached hydrogens (primary N) is 1. The molecule has 0 aliphatic carbocycles. The van der Waals surface area contributed by atoms with Gasteiger partial charge in [-0.3, -0.25) is 10.3 Å². The number of ether oxygens (including phenoxy) is 1. The molecule has 5 N–H and O–H groups in total. The van der Waals surface area contributed by atoms with E-state index in [0.717, 1.165) is 55.7 Å². The van der Waals surface area contributed by atoms with Crippen molar-refractivity contribution in [2.45, 2.75) is 57.5 Å². The Morgan fingerprint density at radius 2 is 1.13 bits per heavy atom. The number of guanidine groups is 2. The van der Waals surface area contributed by atoms with Gasteiger partial charge in [0.15, 0.2) is 6.17 Å². The Morgan fingerprint density at radius 3 is 1.68 bits per heavy atom. The third-order valence-corrected chi connectivity index (χ3v) is 17.5. The molecular weight excluding hydrogens is 716 g/mol. The van der Waals surface area contributed by atoms with E-state index in [2.05, 4.69) is 136 Å². The first-order chi connectivity index (χ1) is 25.5. The fraction of sp³-hybridized carbons (Fsp3) is 0.273. The first-order valence-electron chi connectivity index (χ1n) is 18.7. The van der Waals surface area contributed by atoms with Crippen molar-refractivity contribution < 1.29 is 22.1 Å². The second-order valence-electron chi connectivity index (χ2n) is 13.5. The van der Waals surface area contributed by atoms with Crippen LogP contribution < -0.4 is 54.4 Å². The molecule has 0 radical (unpaired) electrons. The van der Waals surface area contributed by atoms with Crippen molar-refractivity contribution in [1.82, 2.24) is 10.6 Å². The summed E-state index contributed by atoms with van der Waals surface area (Å²) < 4.78 is 6.08. The predicted molar refractivity (Wildman–Crippen MR) is 222 cm³/mol. The summed E-state index contributed by atoms with van der Waals surface area (Å²) in [5, 5.41) is 10.2. The Morgan fingerprint density at radius 1 is 0.642 bits per heavy atom. The molecule has 0 saturated heterocycles. The molecular formula is C44H52Cl2N5OP. The van der Waals surface area contributed by atoms with Crippen molar-refractivity contribution in [3.63, 3.8) is 0 Å². The van der Waals surface area contributed by atoms with Gasteiger partial charge in [0.2, 0.25) is 0 Å². The molecule has 0 saturated carbocycles. The molecule has 5 aromatic rings. The summed E-state index contributed by atoms with van der Waals surface area (Å²) in [5.74, 6) is -1.14. The molecule has 6 rings (SSSR count). The average Bonchev–Trinajstić information content (AvgIpc) is 3.20. The number of nitrogens with one attached hydrogen (secondary N) is 3. The van der Waals surface area contributed by atoms with Gasteiger partial charge in [-0.05, 0) is 17.7 Å². The normalized spacial score (nSPS) is 15.6. The van der Waals surface area contributed by atoms with Crippen LogP contribution in [0, 0.1) is 0 Å². The zero-order valence-corrected chi connectivity index (χ0v) is 32.8. The van der Waals surface area contributed by atoms with Crippen LogP contribution in [0.25, 0.3) is 0 Å². The Kier molecular flexibility index (Phi) is 14.8. The van der Waals surface area contributed by atoms with Gasteiger partial charge < -0.3 is 18.1 Å². The summed E-state index contributed by atoms with van der Waals surface area (Å²) in [5.41, 5.74) is 8.41. The van der Waals surface area contributed by atoms with Gasteiger partial charge in [0.05, 0.1) is 6.54 Å². The summed E-state index contributed by atoms with van der Waals surface area (Å²) in [6.45, 7) is 1.49. The number of unbranched alkanes of at least 4 members (excludes halogenated alkanes) is 6. The number of aliphatic imine (C=N–C) groups is 1. The predicted octanol–water partition coefficient (Wildman–Crippen LogP) is 3.67. The topological polar surface area (TPSA) is 85.6 Å². The SMILES string of the molecule is NC1=NC(c2ccc(OCCCCCCCCCP(Cl)(c3ccccc3)(c3ccccc3)c3ccccc3)cc2)NC(=[NH+]CCc2ccccc2)N1.[Cl-]. The van der Waals surface area contributed by atoms with Gasteiger partial charge in [-0.2, -0.15) is 4.99 Å². The Labute approximate surface area is 326 Å². The molecule has 6 nitrogen and oxygen atoms in total. The standard InChI is InChI=1S/C44H51ClN5OP.ClH/c45-52(39-22-12-7-13-23-39,40-24-14-8-15-25-40,41-26-16-9-17-27-41)35-19-5-3-1-2-4-18-34-51-38-30-28-37(29-31-38)42-48-43(46)50-44(49-42)47-33-32-36-20-10-6-11-21-36;/h6-17,20-31,42H,1-5,18-19,32-35H2,(H4,46,47,48,49,50);1H. The maximum absolute atomic E-state index is 8.21. The van der Waals surface area contributed by atoms with Gasteiger partial charge in [0.1, 0.15) is 0 Å². The van der Waals surface area contributed by atoms with Gasteiger partial charge >= 0.3 is 210 Å². The Balaban J connectivity index is 0.00000541. The molecule has 0 fully saturated rings. The molecule has 278 valence electrons. The molecule has 53 heavy (non-hydrogen) atoms. The minimum atomic E-state index is -3.16. The van der Waals surface area contributed by atoms with E-state index in [1.807, 2.05) is 30.3 Å². The first-order valence-corrected chi connectivity index (χ1v) is 22.0. The average molecular weight is 769 g/mol. The molecule has 1 aliphatic heterocycles. The Bertz CT molecular complexity index is 1780. The third-order valence-electron chi connectivity index (χ3n) is 9.93. The van der Waals surface area contributed by atoms with Gasteiger partial charge in [-0.1, -0.05) is 30.3 Å². The molecule has 5 aromatic carbocycles. The van der Waals surface area contributed by atoms with Crippen molar-refractivity contribution >= 4 is 45.0 Å². The molecule has 1 heterocycles. The van der Waals surface area contributed by atoms with E-state index >= 15 is 0 Å². The van der Waals surface area contributed by atoms with E-state index in [1.165, 1.54) is 47.2 Å². The monoisotopic (exact) mass is 767 g/mol. The number of halogens is 2. The number of nitrogens with zero attached hydrogens (tertiary/aromatic N) is 1. The van der Waals surface area contributed by atoms with Gasteiger partial charge in [0, 0.05) is 12.0 Å². The minimum absolute atomic E-state index is 0. The zero-order valence-electron chi connectivity index (χ0n) is 30.3. The van der Waals surface area contributed by atoms with Crippen LogP contribution in [0.2, 0.25) is 0 Å². The first kappa shape index (κ1) is 39.8. The van der Waals surface area contributed by atoms with E-state index < -0.39 is 5.96 Å². The molecule has 1 unspecified atom stereocenters. The van der Waals surface area contributed by atoms with Crippen LogP contribution in [-0.4, -0.2) is 31.2 Å². The number of hydrogen-bond acceptors (Lipinski definition) is 3. The van der Waals surface area contributed by atoms with Crippen LogP contribution >= 0.6 is 17.2 Å². The van der Waals surface area contributed by atoms with Gasteiger partial charge in [-0.15, -0.1) is 0 Å². The summed E-state index contributed by atoms with van der Waals surface area (Å²) >= 11 is 8.21. The minimum Gasteiger partial charge on any atom is -1.00 e. The Hall–Kier alpha value is -4.35. The smallest absolute Gasteiger partial charge is 1.00 e. The molecule has 0 bridgehead atoms. The van der Waals surface area contributed by atoms with Crippen molar-refractivity contribution in [3.05, 3.63) is 157 Å². The molecule has 0 spiro atoms. The van der Waals surface area contributed by atoms with E-state index in [1.54, 1.807) is 0 Å².